The Morgan fingerprint density at radius 3 is 1.56 bits per heavy atom. The average Bonchev–Trinajstić information content (AvgIpc) is 2.81. The minimum absolute atomic E-state index is 0.0487. The zero-order chi connectivity index (χ0) is 22.6. The van der Waals surface area contributed by atoms with Crippen molar-refractivity contribution >= 4 is 16.9 Å². The number of benzene rings is 4. The van der Waals surface area contributed by atoms with E-state index in [1.165, 1.54) is 20.2 Å². The highest BCUT2D eigenvalue weighted by Crippen LogP contribution is 2.32. The fourth-order valence-electron chi connectivity index (χ4n) is 3.44. The van der Waals surface area contributed by atoms with Crippen LogP contribution in [-0.2, 0) is 16.3 Å². The molecule has 0 fully saturated rings. The van der Waals surface area contributed by atoms with Crippen LogP contribution >= 0.6 is 0 Å². The first-order valence-electron chi connectivity index (χ1n) is 10.7. The van der Waals surface area contributed by atoms with Gasteiger partial charge in [0.25, 0.3) is 0 Å². The van der Waals surface area contributed by atoms with Crippen LogP contribution in [0.25, 0.3) is 0 Å². The second-order valence-corrected chi connectivity index (χ2v) is 10.6. The van der Waals surface area contributed by atoms with Gasteiger partial charge in [0.1, 0.15) is 5.75 Å². The lowest BCUT2D eigenvalue weighted by Gasteiger charge is -2.18. The van der Waals surface area contributed by atoms with Crippen LogP contribution in [0.5, 0.6) is 5.75 Å². The second kappa shape index (κ2) is 9.46. The van der Waals surface area contributed by atoms with Crippen LogP contribution in [0, 0.1) is 0 Å². The molecule has 0 atom stereocenters. The molecule has 0 aromatic heterocycles. The van der Waals surface area contributed by atoms with Crippen LogP contribution in [-0.4, -0.2) is 5.97 Å². The minimum Gasteiger partial charge on any atom is -0.423 e. The summed E-state index contributed by atoms with van der Waals surface area (Å²) < 4.78 is 5.64. The van der Waals surface area contributed by atoms with Crippen molar-refractivity contribution in [3.05, 3.63) is 120 Å². The monoisotopic (exact) mass is 439 g/mol. The van der Waals surface area contributed by atoms with Crippen LogP contribution in [0.2, 0.25) is 0 Å². The van der Waals surface area contributed by atoms with Gasteiger partial charge >= 0.3 is 5.97 Å². The van der Waals surface area contributed by atoms with Crippen LogP contribution < -0.4 is 4.74 Å². The number of carbonyl (C=O) groups is 1. The Balaban J connectivity index is 1.54. The molecule has 3 heteroatoms. The molecule has 0 aliphatic carbocycles. The lowest BCUT2D eigenvalue weighted by atomic mass is 9.87. The normalized spacial score (nSPS) is 11.4. The molecule has 0 unspecified atom stereocenters. The first-order chi connectivity index (χ1) is 15.4. The van der Waals surface area contributed by atoms with Crippen molar-refractivity contribution in [2.45, 2.75) is 40.9 Å². The third kappa shape index (κ3) is 5.12. The zero-order valence-electron chi connectivity index (χ0n) is 18.6. The fraction of sp³-hybridized carbons (Fsp3) is 0.138. The van der Waals surface area contributed by atoms with Crippen LogP contribution in [0.3, 0.4) is 0 Å². The summed E-state index contributed by atoms with van der Waals surface area (Å²) >= 11 is 0. The minimum atomic E-state index is -0.344. The van der Waals surface area contributed by atoms with Gasteiger partial charge in [-0.15, -0.1) is 0 Å². The molecule has 0 aliphatic heterocycles. The van der Waals surface area contributed by atoms with Crippen molar-refractivity contribution < 1.29 is 9.53 Å². The van der Waals surface area contributed by atoms with E-state index in [2.05, 4.69) is 81.4 Å². The first-order valence-corrected chi connectivity index (χ1v) is 11.9. The van der Waals surface area contributed by atoms with Crippen LogP contribution in [0.15, 0.2) is 124 Å². The van der Waals surface area contributed by atoms with Crippen molar-refractivity contribution in [3.63, 3.8) is 0 Å². The van der Waals surface area contributed by atoms with Gasteiger partial charge in [-0.05, 0) is 71.6 Å². The SMILES string of the molecule is CC(C)(C)c1ccc(C(=O)Oc2ccc([S+](c3ccccc3)c3ccccc3)cc2)cc1. The predicted octanol–water partition coefficient (Wildman–Crippen LogP) is 7.30. The molecule has 0 bridgehead atoms. The van der Waals surface area contributed by atoms with Gasteiger partial charge in [0.15, 0.2) is 14.7 Å². The van der Waals surface area contributed by atoms with Crippen molar-refractivity contribution in [3.8, 4) is 5.75 Å². The van der Waals surface area contributed by atoms with E-state index in [0.717, 1.165) is 0 Å². The molecule has 2 nitrogen and oxygen atoms in total. The van der Waals surface area contributed by atoms with E-state index in [-0.39, 0.29) is 22.3 Å². The van der Waals surface area contributed by atoms with Crippen molar-refractivity contribution in [1.82, 2.24) is 0 Å². The summed E-state index contributed by atoms with van der Waals surface area (Å²) in [5.41, 5.74) is 1.79. The Bertz CT molecular complexity index is 1120. The largest absolute Gasteiger partial charge is 0.423 e. The lowest BCUT2D eigenvalue weighted by Crippen LogP contribution is -2.13. The average molecular weight is 440 g/mol. The van der Waals surface area contributed by atoms with Gasteiger partial charge in [-0.3, -0.25) is 0 Å². The van der Waals surface area contributed by atoms with Gasteiger partial charge in [-0.2, -0.15) is 0 Å². The number of esters is 1. The number of rotatable bonds is 5. The highest BCUT2D eigenvalue weighted by atomic mass is 32.2. The molecule has 0 saturated heterocycles. The van der Waals surface area contributed by atoms with E-state index >= 15 is 0 Å². The summed E-state index contributed by atoms with van der Waals surface area (Å²) in [6.45, 7) is 6.46. The number of hydrogen-bond donors (Lipinski definition) is 0. The molecular formula is C29H27O2S+. The molecular weight excluding hydrogens is 412 g/mol. The summed E-state index contributed by atoms with van der Waals surface area (Å²) in [5.74, 6) is 0.201. The molecule has 0 amide bonds. The van der Waals surface area contributed by atoms with E-state index < -0.39 is 0 Å². The Labute approximate surface area is 193 Å². The predicted molar refractivity (Wildman–Crippen MR) is 132 cm³/mol. The van der Waals surface area contributed by atoms with Gasteiger partial charge in [0.05, 0.1) is 16.5 Å². The van der Waals surface area contributed by atoms with Crippen molar-refractivity contribution in [2.75, 3.05) is 0 Å². The number of hydrogen-bond acceptors (Lipinski definition) is 2. The van der Waals surface area contributed by atoms with E-state index in [1.54, 1.807) is 0 Å². The molecule has 0 aliphatic rings. The number of carbonyl (C=O) groups excluding carboxylic acids is 1. The molecule has 4 rings (SSSR count). The molecule has 32 heavy (non-hydrogen) atoms. The summed E-state index contributed by atoms with van der Waals surface area (Å²) in [6, 6.07) is 36.5. The van der Waals surface area contributed by atoms with Crippen LogP contribution in [0.1, 0.15) is 36.7 Å². The molecule has 160 valence electrons. The molecule has 0 radical (unpaired) electrons. The van der Waals surface area contributed by atoms with Crippen LogP contribution in [0.4, 0.5) is 0 Å². The Kier molecular flexibility index (Phi) is 6.48. The zero-order valence-corrected chi connectivity index (χ0v) is 19.4. The quantitative estimate of drug-likeness (QED) is 0.185. The second-order valence-electron chi connectivity index (χ2n) is 8.62. The topological polar surface area (TPSA) is 26.3 Å². The van der Waals surface area contributed by atoms with E-state index in [4.69, 9.17) is 4.74 Å². The third-order valence-electron chi connectivity index (χ3n) is 5.21. The Hall–Kier alpha value is -3.30. The highest BCUT2D eigenvalue weighted by Gasteiger charge is 2.28. The first kappa shape index (κ1) is 21.9. The van der Waals surface area contributed by atoms with Gasteiger partial charge in [0, 0.05) is 0 Å². The standard InChI is InChI=1S/C29H27O2S/c1-29(2,3)23-16-14-22(15-17-23)28(30)31-24-18-20-27(21-19-24)32(25-10-6-4-7-11-25)26-12-8-5-9-13-26/h4-21H,1-3H3/q+1. The summed E-state index contributed by atoms with van der Waals surface area (Å²) in [7, 11) is -0.223. The molecule has 4 aromatic carbocycles. The molecule has 0 heterocycles. The van der Waals surface area contributed by atoms with E-state index in [9.17, 15) is 4.79 Å². The maximum Gasteiger partial charge on any atom is 0.343 e. The smallest absolute Gasteiger partial charge is 0.343 e. The van der Waals surface area contributed by atoms with E-state index in [1.807, 2.05) is 48.5 Å². The van der Waals surface area contributed by atoms with E-state index in [0.29, 0.717) is 11.3 Å². The van der Waals surface area contributed by atoms with Gasteiger partial charge in [0.2, 0.25) is 0 Å². The molecule has 0 saturated carbocycles. The molecule has 0 spiro atoms. The number of ether oxygens (including phenoxy) is 1. The lowest BCUT2D eigenvalue weighted by molar-refractivity contribution is 0.0734. The highest BCUT2D eigenvalue weighted by molar-refractivity contribution is 7.97. The Morgan fingerprint density at radius 2 is 1.09 bits per heavy atom. The maximum atomic E-state index is 12.6. The summed E-state index contributed by atoms with van der Waals surface area (Å²) in [4.78, 5) is 16.3. The van der Waals surface area contributed by atoms with Crippen molar-refractivity contribution in [1.29, 1.82) is 0 Å². The Morgan fingerprint density at radius 1 is 0.625 bits per heavy atom. The van der Waals surface area contributed by atoms with Crippen molar-refractivity contribution in [2.24, 2.45) is 0 Å². The molecule has 4 aromatic rings. The van der Waals surface area contributed by atoms with Gasteiger partial charge < -0.3 is 4.74 Å². The summed E-state index contributed by atoms with van der Waals surface area (Å²) in [6.07, 6.45) is 0. The maximum absolute atomic E-state index is 12.6. The fourth-order valence-corrected chi connectivity index (χ4v) is 5.52. The summed E-state index contributed by atoms with van der Waals surface area (Å²) in [5, 5.41) is 0. The van der Waals surface area contributed by atoms with Gasteiger partial charge in [-0.1, -0.05) is 69.3 Å². The third-order valence-corrected chi connectivity index (χ3v) is 7.45. The van der Waals surface area contributed by atoms with Gasteiger partial charge in [-0.25, -0.2) is 4.79 Å². The molecule has 0 N–H and O–H groups in total.